The molecule has 3 rings (SSSR count). The zero-order valence-electron chi connectivity index (χ0n) is 11.7. The molecule has 0 atom stereocenters. The lowest BCUT2D eigenvalue weighted by Gasteiger charge is -2.13. The molecule has 0 aromatic heterocycles. The monoisotopic (exact) mass is 389 g/mol. The SMILES string of the molecule is Cc1cc(I)ccc1NCc1c(O)ccc2ccccc12. The Hall–Kier alpha value is -1.75. The number of nitrogens with one attached hydrogen (secondary N) is 1. The molecule has 0 fully saturated rings. The van der Waals surface area contributed by atoms with Crippen molar-refractivity contribution in [3.63, 3.8) is 0 Å². The van der Waals surface area contributed by atoms with Crippen molar-refractivity contribution in [2.24, 2.45) is 0 Å². The number of hydrogen-bond acceptors (Lipinski definition) is 2. The minimum absolute atomic E-state index is 0.337. The zero-order valence-corrected chi connectivity index (χ0v) is 13.9. The molecule has 2 N–H and O–H groups in total. The smallest absolute Gasteiger partial charge is 0.121 e. The van der Waals surface area contributed by atoms with Crippen molar-refractivity contribution >= 4 is 39.1 Å². The first-order chi connectivity index (χ1) is 10.1. The van der Waals surface area contributed by atoms with E-state index < -0.39 is 0 Å². The number of benzene rings is 3. The first-order valence-electron chi connectivity index (χ1n) is 6.85. The number of anilines is 1. The predicted octanol–water partition coefficient (Wildman–Crippen LogP) is 5.07. The molecule has 0 spiro atoms. The van der Waals surface area contributed by atoms with Crippen LogP contribution in [0.1, 0.15) is 11.1 Å². The maximum atomic E-state index is 10.2. The van der Waals surface area contributed by atoms with Gasteiger partial charge in [-0.05, 0) is 70.1 Å². The van der Waals surface area contributed by atoms with E-state index in [2.05, 4.69) is 59.1 Å². The summed E-state index contributed by atoms with van der Waals surface area (Å²) >= 11 is 2.31. The van der Waals surface area contributed by atoms with Gasteiger partial charge in [-0.15, -0.1) is 0 Å². The largest absolute Gasteiger partial charge is 0.508 e. The third-order valence-corrected chi connectivity index (χ3v) is 4.33. The molecule has 106 valence electrons. The van der Waals surface area contributed by atoms with Gasteiger partial charge < -0.3 is 10.4 Å². The lowest BCUT2D eigenvalue weighted by atomic mass is 10.0. The quantitative estimate of drug-likeness (QED) is 0.613. The summed E-state index contributed by atoms with van der Waals surface area (Å²) in [5.41, 5.74) is 3.25. The van der Waals surface area contributed by atoms with E-state index in [9.17, 15) is 5.11 Å². The molecular formula is C18H16INO. The fourth-order valence-electron chi connectivity index (χ4n) is 2.52. The molecule has 2 nitrogen and oxygen atoms in total. The van der Waals surface area contributed by atoms with Gasteiger partial charge in [-0.3, -0.25) is 0 Å². The van der Waals surface area contributed by atoms with Gasteiger partial charge in [0.15, 0.2) is 0 Å². The second-order valence-electron chi connectivity index (χ2n) is 5.10. The molecule has 3 heteroatoms. The normalized spacial score (nSPS) is 10.8. The van der Waals surface area contributed by atoms with Crippen LogP contribution in [-0.4, -0.2) is 5.11 Å². The molecule has 0 heterocycles. The summed E-state index contributed by atoms with van der Waals surface area (Å²) in [6.07, 6.45) is 0. The number of aromatic hydroxyl groups is 1. The molecule has 21 heavy (non-hydrogen) atoms. The average molecular weight is 389 g/mol. The molecule has 0 amide bonds. The van der Waals surface area contributed by atoms with Gasteiger partial charge in [0, 0.05) is 21.4 Å². The van der Waals surface area contributed by atoms with Crippen molar-refractivity contribution in [3.8, 4) is 5.75 Å². The number of halogens is 1. The van der Waals surface area contributed by atoms with Crippen LogP contribution in [0, 0.1) is 10.5 Å². The van der Waals surface area contributed by atoms with Crippen LogP contribution < -0.4 is 5.32 Å². The summed E-state index contributed by atoms with van der Waals surface area (Å²) in [6.45, 7) is 2.70. The Balaban J connectivity index is 1.93. The highest BCUT2D eigenvalue weighted by molar-refractivity contribution is 14.1. The van der Waals surface area contributed by atoms with Gasteiger partial charge in [0.2, 0.25) is 0 Å². The van der Waals surface area contributed by atoms with E-state index >= 15 is 0 Å². The van der Waals surface area contributed by atoms with Crippen molar-refractivity contribution in [1.82, 2.24) is 0 Å². The lowest BCUT2D eigenvalue weighted by Crippen LogP contribution is -2.02. The summed E-state index contributed by atoms with van der Waals surface area (Å²) in [5.74, 6) is 0.337. The number of fused-ring (bicyclic) bond motifs is 1. The van der Waals surface area contributed by atoms with Crippen LogP contribution in [0.15, 0.2) is 54.6 Å². The van der Waals surface area contributed by atoms with E-state index in [4.69, 9.17) is 0 Å². The third kappa shape index (κ3) is 2.97. The van der Waals surface area contributed by atoms with Gasteiger partial charge in [0.1, 0.15) is 5.75 Å². The molecule has 0 aliphatic heterocycles. The first-order valence-corrected chi connectivity index (χ1v) is 7.92. The molecule has 0 unspecified atom stereocenters. The molecule has 0 aliphatic carbocycles. The first kappa shape index (κ1) is 14.2. The summed E-state index contributed by atoms with van der Waals surface area (Å²) in [5, 5.41) is 15.8. The van der Waals surface area contributed by atoms with Gasteiger partial charge in [-0.2, -0.15) is 0 Å². The predicted molar refractivity (Wildman–Crippen MR) is 96.8 cm³/mol. The average Bonchev–Trinajstić information content (AvgIpc) is 2.48. The number of hydrogen-bond donors (Lipinski definition) is 2. The van der Waals surface area contributed by atoms with Crippen molar-refractivity contribution in [2.45, 2.75) is 13.5 Å². The summed E-state index contributed by atoms with van der Waals surface area (Å²) < 4.78 is 1.23. The molecular weight excluding hydrogens is 373 g/mol. The van der Waals surface area contributed by atoms with E-state index in [1.165, 1.54) is 9.13 Å². The van der Waals surface area contributed by atoms with Crippen LogP contribution in [0.25, 0.3) is 10.8 Å². The Kier molecular flexibility index (Phi) is 4.01. The Morgan fingerprint density at radius 2 is 1.86 bits per heavy atom. The van der Waals surface area contributed by atoms with E-state index in [1.54, 1.807) is 6.07 Å². The van der Waals surface area contributed by atoms with Crippen LogP contribution in [0.2, 0.25) is 0 Å². The van der Waals surface area contributed by atoms with Gasteiger partial charge in [0.05, 0.1) is 0 Å². The minimum atomic E-state index is 0.337. The van der Waals surface area contributed by atoms with E-state index in [1.807, 2.05) is 24.3 Å². The van der Waals surface area contributed by atoms with Gasteiger partial charge in [-0.25, -0.2) is 0 Å². The summed E-state index contributed by atoms with van der Waals surface area (Å²) in [6, 6.07) is 18.1. The van der Waals surface area contributed by atoms with E-state index in [-0.39, 0.29) is 0 Å². The van der Waals surface area contributed by atoms with Crippen LogP contribution in [0.3, 0.4) is 0 Å². The fraction of sp³-hybridized carbons (Fsp3) is 0.111. The molecule has 0 saturated carbocycles. The number of aryl methyl sites for hydroxylation is 1. The molecule has 0 bridgehead atoms. The standard InChI is InChI=1S/C18H16INO/c1-12-10-14(19)7-8-17(12)20-11-16-15-5-3-2-4-13(15)6-9-18(16)21/h2-10,20-21H,11H2,1H3. The van der Waals surface area contributed by atoms with Crippen LogP contribution in [0.5, 0.6) is 5.75 Å². The highest BCUT2D eigenvalue weighted by Crippen LogP contribution is 2.28. The van der Waals surface area contributed by atoms with Crippen LogP contribution in [0.4, 0.5) is 5.69 Å². The molecule has 0 aliphatic rings. The molecule has 3 aromatic carbocycles. The van der Waals surface area contributed by atoms with Gasteiger partial charge in [0.25, 0.3) is 0 Å². The number of phenolic OH excluding ortho intramolecular Hbond substituents is 1. The highest BCUT2D eigenvalue weighted by atomic mass is 127. The minimum Gasteiger partial charge on any atom is -0.508 e. The van der Waals surface area contributed by atoms with Crippen molar-refractivity contribution in [2.75, 3.05) is 5.32 Å². The van der Waals surface area contributed by atoms with Gasteiger partial charge in [-0.1, -0.05) is 30.3 Å². The Labute approximate surface area is 138 Å². The molecule has 0 saturated heterocycles. The third-order valence-electron chi connectivity index (χ3n) is 3.66. The van der Waals surface area contributed by atoms with Crippen LogP contribution >= 0.6 is 22.6 Å². The molecule has 3 aromatic rings. The number of phenols is 1. The van der Waals surface area contributed by atoms with E-state index in [0.717, 1.165) is 22.0 Å². The van der Waals surface area contributed by atoms with Crippen molar-refractivity contribution < 1.29 is 5.11 Å². The Bertz CT molecular complexity index is 798. The summed E-state index contributed by atoms with van der Waals surface area (Å²) in [7, 11) is 0. The number of rotatable bonds is 3. The Morgan fingerprint density at radius 3 is 2.67 bits per heavy atom. The van der Waals surface area contributed by atoms with Crippen molar-refractivity contribution in [3.05, 3.63) is 69.3 Å². The highest BCUT2D eigenvalue weighted by Gasteiger charge is 2.07. The van der Waals surface area contributed by atoms with E-state index in [0.29, 0.717) is 12.3 Å². The van der Waals surface area contributed by atoms with Gasteiger partial charge >= 0.3 is 0 Å². The second kappa shape index (κ2) is 5.93. The second-order valence-corrected chi connectivity index (χ2v) is 6.34. The van der Waals surface area contributed by atoms with Crippen LogP contribution in [-0.2, 0) is 6.54 Å². The lowest BCUT2D eigenvalue weighted by molar-refractivity contribution is 0.470. The zero-order chi connectivity index (χ0) is 14.8. The maximum absolute atomic E-state index is 10.2. The topological polar surface area (TPSA) is 32.3 Å². The summed E-state index contributed by atoms with van der Waals surface area (Å²) in [4.78, 5) is 0. The van der Waals surface area contributed by atoms with Crippen molar-refractivity contribution in [1.29, 1.82) is 0 Å². The Morgan fingerprint density at radius 1 is 1.05 bits per heavy atom. The fourth-order valence-corrected chi connectivity index (χ4v) is 3.17. The maximum Gasteiger partial charge on any atom is 0.121 e. The molecule has 0 radical (unpaired) electrons.